The van der Waals surface area contributed by atoms with E-state index in [4.69, 9.17) is 15.6 Å². The van der Waals surface area contributed by atoms with Crippen LogP contribution in [-0.4, -0.2) is 50.7 Å². The number of rotatable bonds is 3. The van der Waals surface area contributed by atoms with Gasteiger partial charge in [-0.3, -0.25) is 4.57 Å². The van der Waals surface area contributed by atoms with Crippen LogP contribution in [0.4, 0.5) is 19.0 Å². The lowest BCUT2D eigenvalue weighted by atomic mass is 9.97. The summed E-state index contributed by atoms with van der Waals surface area (Å²) in [6, 6.07) is 1.14. The molecule has 2 rings (SSSR count). The van der Waals surface area contributed by atoms with E-state index in [1.807, 2.05) is 0 Å². The Balaban J connectivity index is 2.42. The van der Waals surface area contributed by atoms with Crippen molar-refractivity contribution in [3.8, 4) is 0 Å². The highest BCUT2D eigenvalue weighted by atomic mass is 19.3. The molecule has 0 bridgehead atoms. The number of aliphatic hydroxyl groups excluding tert-OH is 2. The van der Waals surface area contributed by atoms with Gasteiger partial charge in [0.05, 0.1) is 6.61 Å². The van der Waals surface area contributed by atoms with Crippen molar-refractivity contribution in [3.63, 3.8) is 0 Å². The summed E-state index contributed by atoms with van der Waals surface area (Å²) in [4.78, 5) is 14.8. The van der Waals surface area contributed by atoms with E-state index in [9.17, 15) is 23.1 Å². The number of anilines is 1. The van der Waals surface area contributed by atoms with Crippen LogP contribution in [0.2, 0.25) is 0 Å². The quantitative estimate of drug-likeness (QED) is 0.663. The molecule has 1 fully saturated rings. The number of nitrogen functional groups attached to an aromatic ring is 1. The molecule has 0 saturated carbocycles. The summed E-state index contributed by atoms with van der Waals surface area (Å²) >= 11 is 0. The maximum atomic E-state index is 14.0. The van der Waals surface area contributed by atoms with Gasteiger partial charge in [0, 0.05) is 6.20 Å². The van der Waals surface area contributed by atoms with E-state index in [2.05, 4.69) is 4.98 Å². The molecule has 0 radical (unpaired) electrons. The van der Waals surface area contributed by atoms with E-state index in [-0.39, 0.29) is 5.82 Å². The standard InChI is InChI=1S/C10H12F3N3O4/c11-5-6(18)10(3-17,8(12)13)20-7(5)16-2-1-4(14)15-9(16)19/h1-2,5-8,17-18H,3H2,(H2,14,15,19)/t5-,6-,7+,10+/m0/s1. The molecule has 0 aromatic carbocycles. The van der Waals surface area contributed by atoms with E-state index in [0.29, 0.717) is 4.57 Å². The molecule has 0 amide bonds. The minimum atomic E-state index is -3.34. The van der Waals surface area contributed by atoms with Crippen molar-refractivity contribution in [2.24, 2.45) is 0 Å². The third kappa shape index (κ3) is 2.05. The number of nitrogens with two attached hydrogens (primary N) is 1. The van der Waals surface area contributed by atoms with E-state index in [1.165, 1.54) is 0 Å². The topological polar surface area (TPSA) is 111 Å². The Labute approximate surface area is 110 Å². The van der Waals surface area contributed by atoms with Gasteiger partial charge in [-0.05, 0) is 6.07 Å². The van der Waals surface area contributed by atoms with Gasteiger partial charge in [0.15, 0.2) is 18.0 Å². The molecule has 0 spiro atoms. The molecule has 2 heterocycles. The van der Waals surface area contributed by atoms with Gasteiger partial charge in [0.25, 0.3) is 6.43 Å². The van der Waals surface area contributed by atoms with E-state index in [0.717, 1.165) is 12.3 Å². The molecule has 7 nitrogen and oxygen atoms in total. The summed E-state index contributed by atoms with van der Waals surface area (Å²) in [5.74, 6) is -0.137. The van der Waals surface area contributed by atoms with Crippen molar-refractivity contribution in [1.29, 1.82) is 0 Å². The molecule has 1 aromatic rings. The van der Waals surface area contributed by atoms with E-state index < -0.39 is 42.8 Å². The lowest BCUT2D eigenvalue weighted by molar-refractivity contribution is -0.195. The summed E-state index contributed by atoms with van der Waals surface area (Å²) in [7, 11) is 0. The first kappa shape index (κ1) is 14.8. The number of hydrogen-bond acceptors (Lipinski definition) is 6. The van der Waals surface area contributed by atoms with Crippen molar-refractivity contribution in [1.82, 2.24) is 9.55 Å². The van der Waals surface area contributed by atoms with Crippen LogP contribution >= 0.6 is 0 Å². The predicted octanol–water partition coefficient (Wildman–Crippen LogP) is -0.950. The molecule has 1 aliphatic heterocycles. The number of nitrogens with zero attached hydrogens (tertiary/aromatic N) is 2. The van der Waals surface area contributed by atoms with E-state index in [1.54, 1.807) is 0 Å². The monoisotopic (exact) mass is 295 g/mol. The smallest absolute Gasteiger partial charge is 0.351 e. The molecule has 0 unspecified atom stereocenters. The van der Waals surface area contributed by atoms with Gasteiger partial charge in [0.2, 0.25) is 0 Å². The van der Waals surface area contributed by atoms with Crippen molar-refractivity contribution in [2.75, 3.05) is 12.3 Å². The highest BCUT2D eigenvalue weighted by molar-refractivity contribution is 5.23. The minimum absolute atomic E-state index is 0.137. The fourth-order valence-electron chi connectivity index (χ4n) is 2.00. The number of alkyl halides is 3. The largest absolute Gasteiger partial charge is 0.393 e. The molecular weight excluding hydrogens is 283 g/mol. The zero-order valence-corrected chi connectivity index (χ0v) is 9.99. The Morgan fingerprint density at radius 3 is 2.70 bits per heavy atom. The van der Waals surface area contributed by atoms with Gasteiger partial charge in [-0.15, -0.1) is 0 Å². The molecule has 0 aliphatic carbocycles. The Kier molecular flexibility index (Phi) is 3.71. The van der Waals surface area contributed by atoms with Crippen molar-refractivity contribution >= 4 is 5.82 Å². The van der Waals surface area contributed by atoms with Crippen LogP contribution in [0, 0.1) is 0 Å². The summed E-state index contributed by atoms with van der Waals surface area (Å²) in [6.45, 7) is -1.31. The molecule has 20 heavy (non-hydrogen) atoms. The van der Waals surface area contributed by atoms with Gasteiger partial charge in [-0.2, -0.15) is 4.98 Å². The van der Waals surface area contributed by atoms with Crippen LogP contribution in [0.15, 0.2) is 17.1 Å². The van der Waals surface area contributed by atoms with Gasteiger partial charge in [-0.1, -0.05) is 0 Å². The molecule has 112 valence electrons. The van der Waals surface area contributed by atoms with Gasteiger partial charge >= 0.3 is 5.69 Å². The van der Waals surface area contributed by atoms with Crippen LogP contribution in [0.25, 0.3) is 0 Å². The highest BCUT2D eigenvalue weighted by Crippen LogP contribution is 2.41. The van der Waals surface area contributed by atoms with Crippen LogP contribution in [0.1, 0.15) is 6.23 Å². The highest BCUT2D eigenvalue weighted by Gasteiger charge is 2.61. The predicted molar refractivity (Wildman–Crippen MR) is 59.8 cm³/mol. The molecule has 1 aromatic heterocycles. The van der Waals surface area contributed by atoms with E-state index >= 15 is 0 Å². The molecule has 4 N–H and O–H groups in total. The van der Waals surface area contributed by atoms with Crippen LogP contribution in [-0.2, 0) is 4.74 Å². The zero-order chi connectivity index (χ0) is 15.1. The van der Waals surface area contributed by atoms with Gasteiger partial charge in [-0.25, -0.2) is 18.0 Å². The maximum absolute atomic E-state index is 14.0. The fraction of sp³-hybridized carbons (Fsp3) is 0.600. The lowest BCUT2D eigenvalue weighted by Crippen LogP contribution is -2.51. The summed E-state index contributed by atoms with van der Waals surface area (Å²) in [5, 5.41) is 18.6. The van der Waals surface area contributed by atoms with Gasteiger partial charge < -0.3 is 20.7 Å². The van der Waals surface area contributed by atoms with Crippen molar-refractivity contribution < 1.29 is 28.1 Å². The van der Waals surface area contributed by atoms with Gasteiger partial charge in [0.1, 0.15) is 11.9 Å². The Morgan fingerprint density at radius 1 is 1.60 bits per heavy atom. The average Bonchev–Trinajstić information content (AvgIpc) is 2.64. The third-order valence-corrected chi connectivity index (χ3v) is 3.16. The molecule has 10 heteroatoms. The second-order valence-electron chi connectivity index (χ2n) is 4.35. The zero-order valence-electron chi connectivity index (χ0n) is 9.99. The number of ether oxygens (including phenoxy) is 1. The Bertz CT molecular complexity index is 555. The SMILES string of the molecule is Nc1ccn([C@@H]2O[C@@](CO)(C(F)F)[C@@H](O)[C@@H]2F)c(=O)n1. The Morgan fingerprint density at radius 2 is 2.25 bits per heavy atom. The average molecular weight is 295 g/mol. The second-order valence-corrected chi connectivity index (χ2v) is 4.35. The first-order chi connectivity index (χ1) is 9.33. The molecule has 1 aliphatic rings. The summed E-state index contributed by atoms with van der Waals surface area (Å²) in [5.41, 5.74) is 1.44. The fourth-order valence-corrected chi connectivity index (χ4v) is 2.00. The maximum Gasteiger partial charge on any atom is 0.351 e. The second kappa shape index (κ2) is 5.04. The molecular formula is C10H12F3N3O4. The molecule has 4 atom stereocenters. The van der Waals surface area contributed by atoms with Crippen LogP contribution < -0.4 is 11.4 Å². The lowest BCUT2D eigenvalue weighted by Gasteiger charge is -2.28. The summed E-state index contributed by atoms with van der Waals surface area (Å²) in [6.07, 6.45) is -8.79. The number of aromatic nitrogens is 2. The normalized spacial score (nSPS) is 33.8. The minimum Gasteiger partial charge on any atom is -0.393 e. The third-order valence-electron chi connectivity index (χ3n) is 3.16. The van der Waals surface area contributed by atoms with Crippen molar-refractivity contribution in [3.05, 3.63) is 22.7 Å². The number of halogens is 3. The summed E-state index contributed by atoms with van der Waals surface area (Å²) < 4.78 is 45.2. The number of hydrogen-bond donors (Lipinski definition) is 3. The first-order valence-corrected chi connectivity index (χ1v) is 5.57. The van der Waals surface area contributed by atoms with Crippen LogP contribution in [0.5, 0.6) is 0 Å². The Hall–Kier alpha value is -1.65. The first-order valence-electron chi connectivity index (χ1n) is 5.57. The van der Waals surface area contributed by atoms with Crippen LogP contribution in [0.3, 0.4) is 0 Å². The molecule has 1 saturated heterocycles. The number of aliphatic hydroxyl groups is 2. The van der Waals surface area contributed by atoms with Crippen molar-refractivity contribution in [2.45, 2.75) is 30.5 Å².